The number of fused-ring (bicyclic) bond motifs is 1. The maximum absolute atomic E-state index is 5.92. The minimum absolute atomic E-state index is 0.240. The summed E-state index contributed by atoms with van der Waals surface area (Å²) in [6.07, 6.45) is 1.23. The zero-order chi connectivity index (χ0) is 14.5. The van der Waals surface area contributed by atoms with E-state index in [9.17, 15) is 0 Å². The van der Waals surface area contributed by atoms with E-state index >= 15 is 0 Å². The second-order valence-electron chi connectivity index (χ2n) is 5.44. The van der Waals surface area contributed by atoms with Crippen molar-refractivity contribution in [2.45, 2.75) is 25.7 Å². The van der Waals surface area contributed by atoms with E-state index in [0.29, 0.717) is 6.61 Å². The zero-order valence-electron chi connectivity index (χ0n) is 12.3. The smallest absolute Gasteiger partial charge is 0.123 e. The molecule has 1 atom stereocenters. The molecule has 0 saturated heterocycles. The minimum Gasteiger partial charge on any atom is -0.488 e. The lowest BCUT2D eigenvalue weighted by Crippen LogP contribution is -2.29. The number of para-hydroxylation sites is 1. The van der Waals surface area contributed by atoms with Crippen molar-refractivity contribution in [1.82, 2.24) is 5.32 Å². The van der Waals surface area contributed by atoms with Crippen molar-refractivity contribution >= 4 is 0 Å². The van der Waals surface area contributed by atoms with E-state index in [2.05, 4.69) is 41.7 Å². The highest BCUT2D eigenvalue weighted by atomic mass is 16.5. The van der Waals surface area contributed by atoms with Crippen molar-refractivity contribution in [2.75, 3.05) is 13.7 Å². The second kappa shape index (κ2) is 6.74. The van der Waals surface area contributed by atoms with Crippen molar-refractivity contribution in [3.63, 3.8) is 0 Å². The van der Waals surface area contributed by atoms with Gasteiger partial charge >= 0.3 is 0 Å². The van der Waals surface area contributed by atoms with E-state index < -0.39 is 0 Å². The van der Waals surface area contributed by atoms with Crippen LogP contribution in [0.3, 0.4) is 0 Å². The first kappa shape index (κ1) is 14.1. The fourth-order valence-electron chi connectivity index (χ4n) is 2.74. The molecule has 0 saturated carbocycles. The van der Waals surface area contributed by atoms with E-state index in [0.717, 1.165) is 25.3 Å². The quantitative estimate of drug-likeness (QED) is 0.884. The summed E-state index contributed by atoms with van der Waals surface area (Å²) >= 11 is 0. The Hall–Kier alpha value is -1.84. The van der Waals surface area contributed by atoms with E-state index in [-0.39, 0.29) is 6.10 Å². The third kappa shape index (κ3) is 3.63. The first-order valence-electron chi connectivity index (χ1n) is 7.37. The summed E-state index contributed by atoms with van der Waals surface area (Å²) in [5.41, 5.74) is 3.80. The number of methoxy groups -OCH3 is 1. The van der Waals surface area contributed by atoms with Crippen molar-refractivity contribution in [3.8, 4) is 5.75 Å². The van der Waals surface area contributed by atoms with Gasteiger partial charge in [-0.1, -0.05) is 42.5 Å². The number of rotatable bonds is 6. The molecule has 1 N–H and O–H groups in total. The van der Waals surface area contributed by atoms with Crippen molar-refractivity contribution in [2.24, 2.45) is 0 Å². The van der Waals surface area contributed by atoms with Crippen LogP contribution in [0.1, 0.15) is 16.7 Å². The van der Waals surface area contributed by atoms with Crippen LogP contribution in [0.25, 0.3) is 0 Å². The summed E-state index contributed by atoms with van der Waals surface area (Å²) in [5.74, 6) is 1.03. The van der Waals surface area contributed by atoms with E-state index in [1.807, 2.05) is 12.1 Å². The molecule has 1 aliphatic heterocycles. The molecule has 0 spiro atoms. The second-order valence-corrected chi connectivity index (χ2v) is 5.44. The minimum atomic E-state index is 0.240. The highest BCUT2D eigenvalue weighted by Gasteiger charge is 2.21. The molecule has 0 aromatic heterocycles. The summed E-state index contributed by atoms with van der Waals surface area (Å²) in [7, 11) is 1.72. The normalized spacial score (nSPS) is 16.5. The third-order valence-electron chi connectivity index (χ3n) is 3.72. The summed E-state index contributed by atoms with van der Waals surface area (Å²) in [4.78, 5) is 0. The molecule has 110 valence electrons. The Balaban J connectivity index is 1.48. The topological polar surface area (TPSA) is 30.5 Å². The van der Waals surface area contributed by atoms with Gasteiger partial charge in [0.1, 0.15) is 11.9 Å². The average Bonchev–Trinajstić information content (AvgIpc) is 2.91. The van der Waals surface area contributed by atoms with Crippen LogP contribution >= 0.6 is 0 Å². The van der Waals surface area contributed by atoms with Crippen LogP contribution in [-0.4, -0.2) is 19.8 Å². The Morgan fingerprint density at radius 1 is 1.14 bits per heavy atom. The molecular formula is C18H21NO2. The van der Waals surface area contributed by atoms with Gasteiger partial charge < -0.3 is 14.8 Å². The molecule has 0 fully saturated rings. The highest BCUT2D eigenvalue weighted by Crippen LogP contribution is 2.27. The molecule has 1 unspecified atom stereocenters. The molecule has 21 heavy (non-hydrogen) atoms. The summed E-state index contributed by atoms with van der Waals surface area (Å²) in [6, 6.07) is 16.8. The fourth-order valence-corrected chi connectivity index (χ4v) is 2.74. The number of nitrogens with one attached hydrogen (secondary N) is 1. The van der Waals surface area contributed by atoms with Crippen LogP contribution in [0.4, 0.5) is 0 Å². The fraction of sp³-hybridized carbons (Fsp3) is 0.333. The molecule has 0 bridgehead atoms. The standard InChI is InChI=1S/C18H21NO2/c1-20-13-15-6-4-5-14(9-15)11-19-12-17-10-16-7-2-3-8-18(16)21-17/h2-9,17,19H,10-13H2,1H3. The molecule has 1 aliphatic rings. The van der Waals surface area contributed by atoms with Gasteiger partial charge in [-0.2, -0.15) is 0 Å². The molecule has 3 nitrogen and oxygen atoms in total. The lowest BCUT2D eigenvalue weighted by Gasteiger charge is -2.12. The number of hydrogen-bond donors (Lipinski definition) is 1. The molecule has 3 rings (SSSR count). The maximum atomic E-state index is 5.92. The van der Waals surface area contributed by atoms with Gasteiger partial charge in [0.15, 0.2) is 0 Å². The number of hydrogen-bond acceptors (Lipinski definition) is 3. The van der Waals surface area contributed by atoms with Crippen LogP contribution in [0.2, 0.25) is 0 Å². The van der Waals surface area contributed by atoms with Gasteiger partial charge in [0.2, 0.25) is 0 Å². The molecular weight excluding hydrogens is 262 g/mol. The number of ether oxygens (including phenoxy) is 2. The SMILES string of the molecule is COCc1cccc(CNCC2Cc3ccccc3O2)c1. The van der Waals surface area contributed by atoms with Gasteiger partial charge in [0, 0.05) is 26.6 Å². The van der Waals surface area contributed by atoms with Gasteiger partial charge in [-0.05, 0) is 22.8 Å². The van der Waals surface area contributed by atoms with Crippen LogP contribution in [0.15, 0.2) is 48.5 Å². The average molecular weight is 283 g/mol. The summed E-state index contributed by atoms with van der Waals surface area (Å²) in [6.45, 7) is 2.38. The Morgan fingerprint density at radius 2 is 2.00 bits per heavy atom. The monoisotopic (exact) mass is 283 g/mol. The lowest BCUT2D eigenvalue weighted by molar-refractivity contribution is 0.185. The third-order valence-corrected chi connectivity index (χ3v) is 3.72. The van der Waals surface area contributed by atoms with Crippen LogP contribution in [0.5, 0.6) is 5.75 Å². The predicted molar refractivity (Wildman–Crippen MR) is 83.4 cm³/mol. The van der Waals surface area contributed by atoms with E-state index in [1.165, 1.54) is 16.7 Å². The summed E-state index contributed by atoms with van der Waals surface area (Å²) in [5, 5.41) is 3.48. The van der Waals surface area contributed by atoms with Crippen molar-refractivity contribution in [1.29, 1.82) is 0 Å². The highest BCUT2D eigenvalue weighted by molar-refractivity contribution is 5.37. The van der Waals surface area contributed by atoms with Gasteiger partial charge in [-0.25, -0.2) is 0 Å². The Morgan fingerprint density at radius 3 is 2.86 bits per heavy atom. The zero-order valence-corrected chi connectivity index (χ0v) is 12.3. The van der Waals surface area contributed by atoms with E-state index in [4.69, 9.17) is 9.47 Å². The van der Waals surface area contributed by atoms with Gasteiger partial charge in [0.05, 0.1) is 6.61 Å². The lowest BCUT2D eigenvalue weighted by atomic mass is 10.1. The van der Waals surface area contributed by atoms with Crippen molar-refractivity contribution < 1.29 is 9.47 Å². The Labute approximate surface area is 125 Å². The molecule has 2 aromatic carbocycles. The molecule has 2 aromatic rings. The van der Waals surface area contributed by atoms with E-state index in [1.54, 1.807) is 7.11 Å². The predicted octanol–water partition coefficient (Wildman–Crippen LogP) is 2.93. The number of benzene rings is 2. The molecule has 0 radical (unpaired) electrons. The van der Waals surface area contributed by atoms with Crippen LogP contribution in [-0.2, 0) is 24.3 Å². The maximum Gasteiger partial charge on any atom is 0.123 e. The molecule has 0 aliphatic carbocycles. The molecule has 0 amide bonds. The first-order valence-corrected chi connectivity index (χ1v) is 7.37. The molecule has 3 heteroatoms. The Bertz CT molecular complexity index is 572. The van der Waals surface area contributed by atoms with Crippen LogP contribution in [0, 0.1) is 0 Å². The van der Waals surface area contributed by atoms with Crippen molar-refractivity contribution in [3.05, 3.63) is 65.2 Å². The Kier molecular flexibility index (Phi) is 4.53. The largest absolute Gasteiger partial charge is 0.488 e. The van der Waals surface area contributed by atoms with Gasteiger partial charge in [-0.3, -0.25) is 0 Å². The van der Waals surface area contributed by atoms with Gasteiger partial charge in [0.25, 0.3) is 0 Å². The van der Waals surface area contributed by atoms with Gasteiger partial charge in [-0.15, -0.1) is 0 Å². The first-order chi connectivity index (χ1) is 10.3. The molecule has 1 heterocycles. The van der Waals surface area contributed by atoms with Crippen LogP contribution < -0.4 is 10.1 Å². The summed E-state index contributed by atoms with van der Waals surface area (Å²) < 4.78 is 11.1.